The molecule has 0 aromatic heterocycles. The van der Waals surface area contributed by atoms with E-state index in [1.807, 2.05) is 36.1 Å². The molecule has 3 nitrogen and oxygen atoms in total. The van der Waals surface area contributed by atoms with E-state index in [0.29, 0.717) is 0 Å². The predicted molar refractivity (Wildman–Crippen MR) is 77.3 cm³/mol. The van der Waals surface area contributed by atoms with Crippen molar-refractivity contribution in [3.8, 4) is 0 Å². The summed E-state index contributed by atoms with van der Waals surface area (Å²) in [6.45, 7) is 6.67. The molecule has 0 aliphatic carbocycles. The van der Waals surface area contributed by atoms with Crippen molar-refractivity contribution in [2.45, 2.75) is 6.92 Å². The van der Waals surface area contributed by atoms with Crippen LogP contribution in [0.15, 0.2) is 24.3 Å². The van der Waals surface area contributed by atoms with Gasteiger partial charge in [0, 0.05) is 43.6 Å². The quantitative estimate of drug-likeness (QED) is 0.799. The minimum Gasteiger partial charge on any atom is -0.336 e. The fraction of sp³-hybridized carbons (Fsp3) is 0.500. The summed E-state index contributed by atoms with van der Waals surface area (Å²) >= 11 is 3.45. The smallest absolute Gasteiger partial charge is 0.254 e. The molecule has 1 heterocycles. The van der Waals surface area contributed by atoms with Crippen LogP contribution in [0.4, 0.5) is 0 Å². The highest BCUT2D eigenvalue weighted by Gasteiger charge is 2.22. The first-order chi connectivity index (χ1) is 8.72. The summed E-state index contributed by atoms with van der Waals surface area (Å²) in [6.07, 6.45) is 0. The number of amides is 1. The molecule has 1 aliphatic heterocycles. The van der Waals surface area contributed by atoms with Gasteiger partial charge in [-0.2, -0.15) is 0 Å². The minimum absolute atomic E-state index is 0.173. The number of rotatable bonds is 3. The third kappa shape index (κ3) is 3.12. The number of nitrogens with zero attached hydrogens (tertiary/aromatic N) is 2. The van der Waals surface area contributed by atoms with Crippen molar-refractivity contribution < 1.29 is 4.79 Å². The Bertz CT molecular complexity index is 414. The van der Waals surface area contributed by atoms with Gasteiger partial charge in [-0.15, -0.1) is 0 Å². The van der Waals surface area contributed by atoms with Gasteiger partial charge in [0.15, 0.2) is 0 Å². The van der Waals surface area contributed by atoms with Gasteiger partial charge in [-0.25, -0.2) is 0 Å². The maximum absolute atomic E-state index is 12.4. The Labute approximate surface area is 117 Å². The lowest BCUT2D eigenvalue weighted by molar-refractivity contribution is 0.0644. The number of hydrogen-bond donors (Lipinski definition) is 0. The maximum Gasteiger partial charge on any atom is 0.254 e. The number of hydrogen-bond acceptors (Lipinski definition) is 2. The summed E-state index contributed by atoms with van der Waals surface area (Å²) < 4.78 is 0. The fourth-order valence-electron chi connectivity index (χ4n) is 2.28. The van der Waals surface area contributed by atoms with Crippen LogP contribution >= 0.6 is 15.9 Å². The van der Waals surface area contributed by atoms with Crippen molar-refractivity contribution in [1.82, 2.24) is 9.80 Å². The van der Waals surface area contributed by atoms with Crippen LogP contribution in [0.1, 0.15) is 15.9 Å². The third-order valence-corrected chi connectivity index (χ3v) is 3.79. The third-order valence-electron chi connectivity index (χ3n) is 3.44. The Morgan fingerprint density at radius 1 is 1.22 bits per heavy atom. The van der Waals surface area contributed by atoms with E-state index < -0.39 is 0 Å². The number of carbonyl (C=O) groups excluding carboxylic acids is 1. The SMILES string of the molecule is Cc1ccccc1C(=O)N1CCN(CCBr)CC1. The van der Waals surface area contributed by atoms with Gasteiger partial charge in [0.2, 0.25) is 0 Å². The first-order valence-corrected chi connectivity index (χ1v) is 7.47. The Morgan fingerprint density at radius 2 is 1.89 bits per heavy atom. The van der Waals surface area contributed by atoms with Gasteiger partial charge >= 0.3 is 0 Å². The van der Waals surface area contributed by atoms with Crippen molar-refractivity contribution in [3.63, 3.8) is 0 Å². The summed E-state index contributed by atoms with van der Waals surface area (Å²) in [5.74, 6) is 0.173. The zero-order valence-corrected chi connectivity index (χ0v) is 12.3. The highest BCUT2D eigenvalue weighted by Crippen LogP contribution is 2.12. The molecule has 0 radical (unpaired) electrons. The van der Waals surface area contributed by atoms with Crippen LogP contribution in [-0.2, 0) is 0 Å². The van der Waals surface area contributed by atoms with Crippen LogP contribution in [0.2, 0.25) is 0 Å². The molecule has 0 bridgehead atoms. The standard InChI is InChI=1S/C14H19BrN2O/c1-12-4-2-3-5-13(12)14(18)17-10-8-16(7-6-15)9-11-17/h2-5H,6-11H2,1H3. The second-order valence-electron chi connectivity index (χ2n) is 4.64. The number of benzene rings is 1. The molecular formula is C14H19BrN2O. The van der Waals surface area contributed by atoms with E-state index in [1.165, 1.54) is 0 Å². The van der Waals surface area contributed by atoms with Gasteiger partial charge in [-0.1, -0.05) is 34.1 Å². The van der Waals surface area contributed by atoms with Gasteiger partial charge in [0.05, 0.1) is 0 Å². The number of aryl methyl sites for hydroxylation is 1. The highest BCUT2D eigenvalue weighted by atomic mass is 79.9. The van der Waals surface area contributed by atoms with E-state index in [1.54, 1.807) is 0 Å². The van der Waals surface area contributed by atoms with Crippen molar-refractivity contribution >= 4 is 21.8 Å². The van der Waals surface area contributed by atoms with Crippen LogP contribution < -0.4 is 0 Å². The molecule has 1 aromatic rings. The van der Waals surface area contributed by atoms with Gasteiger partial charge < -0.3 is 4.90 Å². The Kier molecular flexibility index (Phi) is 4.78. The van der Waals surface area contributed by atoms with E-state index in [2.05, 4.69) is 20.8 Å². The van der Waals surface area contributed by atoms with E-state index in [0.717, 1.165) is 49.2 Å². The fourth-order valence-corrected chi connectivity index (χ4v) is 2.78. The van der Waals surface area contributed by atoms with Crippen LogP contribution in [0.25, 0.3) is 0 Å². The summed E-state index contributed by atoms with van der Waals surface area (Å²) in [6, 6.07) is 7.82. The first kappa shape index (κ1) is 13.6. The average molecular weight is 311 g/mol. The van der Waals surface area contributed by atoms with Crippen molar-refractivity contribution in [2.24, 2.45) is 0 Å². The van der Waals surface area contributed by atoms with Crippen LogP contribution in [-0.4, -0.2) is 53.8 Å². The molecule has 1 fully saturated rings. The lowest BCUT2D eigenvalue weighted by Crippen LogP contribution is -2.49. The van der Waals surface area contributed by atoms with E-state index in [9.17, 15) is 4.79 Å². The normalized spacial score (nSPS) is 16.9. The monoisotopic (exact) mass is 310 g/mol. The Balaban J connectivity index is 1.98. The maximum atomic E-state index is 12.4. The van der Waals surface area contributed by atoms with Crippen LogP contribution in [0, 0.1) is 6.92 Å². The van der Waals surface area contributed by atoms with Gasteiger partial charge in [-0.3, -0.25) is 9.69 Å². The summed E-state index contributed by atoms with van der Waals surface area (Å²) in [4.78, 5) is 16.7. The Morgan fingerprint density at radius 3 is 2.50 bits per heavy atom. The van der Waals surface area contributed by atoms with Crippen molar-refractivity contribution in [3.05, 3.63) is 35.4 Å². The van der Waals surface area contributed by atoms with Crippen molar-refractivity contribution in [1.29, 1.82) is 0 Å². The average Bonchev–Trinajstić information content (AvgIpc) is 2.40. The molecule has 0 atom stereocenters. The molecule has 98 valence electrons. The topological polar surface area (TPSA) is 23.6 Å². The molecule has 0 unspecified atom stereocenters. The summed E-state index contributed by atoms with van der Waals surface area (Å²) in [5.41, 5.74) is 1.90. The molecule has 0 N–H and O–H groups in total. The molecule has 0 saturated carbocycles. The van der Waals surface area contributed by atoms with Crippen LogP contribution in [0.3, 0.4) is 0 Å². The van der Waals surface area contributed by atoms with E-state index in [4.69, 9.17) is 0 Å². The predicted octanol–water partition coefficient (Wildman–Crippen LogP) is 2.15. The molecule has 18 heavy (non-hydrogen) atoms. The Hall–Kier alpha value is -0.870. The second-order valence-corrected chi connectivity index (χ2v) is 5.43. The van der Waals surface area contributed by atoms with E-state index >= 15 is 0 Å². The summed E-state index contributed by atoms with van der Waals surface area (Å²) in [7, 11) is 0. The number of piperazine rings is 1. The molecule has 2 rings (SSSR count). The number of carbonyl (C=O) groups is 1. The van der Waals surface area contributed by atoms with Gasteiger partial charge in [0.1, 0.15) is 0 Å². The lowest BCUT2D eigenvalue weighted by atomic mass is 10.1. The lowest BCUT2D eigenvalue weighted by Gasteiger charge is -2.34. The summed E-state index contributed by atoms with van der Waals surface area (Å²) in [5, 5.41) is 0.999. The minimum atomic E-state index is 0.173. The van der Waals surface area contributed by atoms with Crippen molar-refractivity contribution in [2.75, 3.05) is 38.1 Å². The first-order valence-electron chi connectivity index (χ1n) is 6.35. The largest absolute Gasteiger partial charge is 0.336 e. The number of alkyl halides is 1. The molecule has 0 spiro atoms. The van der Waals surface area contributed by atoms with Gasteiger partial charge in [-0.05, 0) is 18.6 Å². The molecule has 1 amide bonds. The molecule has 1 aliphatic rings. The highest BCUT2D eigenvalue weighted by molar-refractivity contribution is 9.09. The molecular weight excluding hydrogens is 292 g/mol. The molecule has 4 heteroatoms. The zero-order valence-electron chi connectivity index (χ0n) is 10.7. The van der Waals surface area contributed by atoms with Gasteiger partial charge in [0.25, 0.3) is 5.91 Å². The molecule has 1 aromatic carbocycles. The zero-order chi connectivity index (χ0) is 13.0. The van der Waals surface area contributed by atoms with E-state index in [-0.39, 0.29) is 5.91 Å². The number of halogens is 1. The van der Waals surface area contributed by atoms with Crippen LogP contribution in [0.5, 0.6) is 0 Å². The molecule has 1 saturated heterocycles. The second kappa shape index (κ2) is 6.34.